The van der Waals surface area contributed by atoms with Gasteiger partial charge in [0.2, 0.25) is 0 Å². The highest BCUT2D eigenvalue weighted by molar-refractivity contribution is 5.39. The molecular weight excluding hydrogens is 257 g/mol. The van der Waals surface area contributed by atoms with E-state index in [1.54, 1.807) is 12.1 Å². The van der Waals surface area contributed by atoms with Crippen molar-refractivity contribution in [2.75, 3.05) is 19.8 Å². The fourth-order valence-electron chi connectivity index (χ4n) is 3.36. The quantitative estimate of drug-likeness (QED) is 0.902. The van der Waals surface area contributed by atoms with Crippen molar-refractivity contribution in [1.29, 1.82) is 0 Å². The standard InChI is InChI=1S/C16H22FNO2/c1-2-18-14-11-16(6-3-8-19-9-7-16)20-15-5-4-12(17)10-13(14)15/h4-5,10,14,18H,2-3,6-9,11H2,1H3. The van der Waals surface area contributed by atoms with Crippen LogP contribution in [0.4, 0.5) is 4.39 Å². The number of benzene rings is 1. The largest absolute Gasteiger partial charge is 0.487 e. The van der Waals surface area contributed by atoms with Crippen molar-refractivity contribution in [3.63, 3.8) is 0 Å². The zero-order valence-electron chi connectivity index (χ0n) is 12.0. The van der Waals surface area contributed by atoms with Gasteiger partial charge in [-0.25, -0.2) is 4.39 Å². The van der Waals surface area contributed by atoms with Gasteiger partial charge in [0.25, 0.3) is 0 Å². The van der Waals surface area contributed by atoms with Crippen LogP contribution in [0.25, 0.3) is 0 Å². The van der Waals surface area contributed by atoms with E-state index in [4.69, 9.17) is 9.47 Å². The lowest BCUT2D eigenvalue weighted by atomic mass is 9.82. The van der Waals surface area contributed by atoms with E-state index in [0.29, 0.717) is 0 Å². The second-order valence-corrected chi connectivity index (χ2v) is 5.75. The van der Waals surface area contributed by atoms with Crippen LogP contribution in [0.15, 0.2) is 18.2 Å². The van der Waals surface area contributed by atoms with Crippen molar-refractivity contribution < 1.29 is 13.9 Å². The molecule has 2 unspecified atom stereocenters. The Labute approximate surface area is 119 Å². The molecule has 0 radical (unpaired) electrons. The van der Waals surface area contributed by atoms with Crippen molar-refractivity contribution in [2.45, 2.75) is 44.2 Å². The van der Waals surface area contributed by atoms with Crippen molar-refractivity contribution in [3.8, 4) is 5.75 Å². The second-order valence-electron chi connectivity index (χ2n) is 5.75. The molecule has 2 aliphatic heterocycles. The van der Waals surface area contributed by atoms with Gasteiger partial charge in [-0.2, -0.15) is 0 Å². The number of fused-ring (bicyclic) bond motifs is 1. The van der Waals surface area contributed by atoms with Crippen LogP contribution < -0.4 is 10.1 Å². The highest BCUT2D eigenvalue weighted by Gasteiger charge is 2.41. The molecule has 110 valence electrons. The molecule has 1 aromatic carbocycles. The Morgan fingerprint density at radius 2 is 2.25 bits per heavy atom. The van der Waals surface area contributed by atoms with Crippen molar-refractivity contribution in [2.24, 2.45) is 0 Å². The highest BCUT2D eigenvalue weighted by Crippen LogP contribution is 2.44. The summed E-state index contributed by atoms with van der Waals surface area (Å²) in [5.74, 6) is 0.626. The van der Waals surface area contributed by atoms with E-state index in [1.165, 1.54) is 6.07 Å². The third-order valence-electron chi connectivity index (χ3n) is 4.32. The van der Waals surface area contributed by atoms with Crippen molar-refractivity contribution >= 4 is 0 Å². The molecule has 0 saturated carbocycles. The minimum atomic E-state index is -0.199. The molecule has 0 bridgehead atoms. The maximum atomic E-state index is 13.5. The maximum absolute atomic E-state index is 13.5. The lowest BCUT2D eigenvalue weighted by Gasteiger charge is -2.42. The Balaban J connectivity index is 1.93. The molecule has 2 aliphatic rings. The number of ether oxygens (including phenoxy) is 2. The van der Waals surface area contributed by atoms with E-state index in [1.807, 2.05) is 0 Å². The number of hydrogen-bond donors (Lipinski definition) is 1. The third-order valence-corrected chi connectivity index (χ3v) is 4.32. The van der Waals surface area contributed by atoms with Crippen LogP contribution in [0.1, 0.15) is 44.2 Å². The van der Waals surface area contributed by atoms with Gasteiger partial charge in [-0.15, -0.1) is 0 Å². The van der Waals surface area contributed by atoms with Gasteiger partial charge in [-0.1, -0.05) is 6.92 Å². The van der Waals surface area contributed by atoms with Crippen LogP contribution >= 0.6 is 0 Å². The average molecular weight is 279 g/mol. The molecule has 0 aromatic heterocycles. The van der Waals surface area contributed by atoms with E-state index < -0.39 is 0 Å². The van der Waals surface area contributed by atoms with Gasteiger partial charge in [0.1, 0.15) is 17.2 Å². The Bertz CT molecular complexity index is 470. The van der Waals surface area contributed by atoms with Gasteiger partial charge in [-0.05, 0) is 37.6 Å². The van der Waals surface area contributed by atoms with Crippen LogP contribution in [-0.2, 0) is 4.74 Å². The molecule has 2 atom stereocenters. The van der Waals surface area contributed by atoms with E-state index >= 15 is 0 Å². The van der Waals surface area contributed by atoms with Gasteiger partial charge >= 0.3 is 0 Å². The molecule has 4 heteroatoms. The fourth-order valence-corrected chi connectivity index (χ4v) is 3.36. The highest BCUT2D eigenvalue weighted by atomic mass is 19.1. The summed E-state index contributed by atoms with van der Waals surface area (Å²) in [4.78, 5) is 0. The number of halogens is 1. The fraction of sp³-hybridized carbons (Fsp3) is 0.625. The summed E-state index contributed by atoms with van der Waals surface area (Å²) in [5, 5.41) is 3.47. The summed E-state index contributed by atoms with van der Waals surface area (Å²) in [6, 6.07) is 5.01. The van der Waals surface area contributed by atoms with Crippen LogP contribution in [0.2, 0.25) is 0 Å². The third kappa shape index (κ3) is 2.67. The Hall–Kier alpha value is -1.13. The van der Waals surface area contributed by atoms with Crippen LogP contribution in [0.5, 0.6) is 5.75 Å². The molecule has 1 fully saturated rings. The molecule has 1 spiro atoms. The first-order valence-corrected chi connectivity index (χ1v) is 7.52. The van der Waals surface area contributed by atoms with Gasteiger partial charge in [-0.3, -0.25) is 0 Å². The average Bonchev–Trinajstić information content (AvgIpc) is 2.66. The predicted octanol–water partition coefficient (Wildman–Crippen LogP) is 3.20. The monoisotopic (exact) mass is 279 g/mol. The van der Waals surface area contributed by atoms with Crippen LogP contribution in [0, 0.1) is 5.82 Å². The van der Waals surface area contributed by atoms with Gasteiger partial charge in [0, 0.05) is 31.1 Å². The maximum Gasteiger partial charge on any atom is 0.125 e. The summed E-state index contributed by atoms with van der Waals surface area (Å²) < 4.78 is 25.4. The van der Waals surface area contributed by atoms with E-state index in [0.717, 1.165) is 56.8 Å². The number of nitrogens with one attached hydrogen (secondary N) is 1. The summed E-state index contributed by atoms with van der Waals surface area (Å²) in [5.41, 5.74) is 0.788. The van der Waals surface area contributed by atoms with Crippen LogP contribution in [-0.4, -0.2) is 25.4 Å². The molecule has 0 aliphatic carbocycles. The Morgan fingerprint density at radius 3 is 3.10 bits per heavy atom. The summed E-state index contributed by atoms with van der Waals surface area (Å²) in [6.07, 6.45) is 3.83. The molecule has 3 nitrogen and oxygen atoms in total. The lowest BCUT2D eigenvalue weighted by molar-refractivity contribution is 0.0108. The molecule has 2 heterocycles. The first-order chi connectivity index (χ1) is 9.72. The van der Waals surface area contributed by atoms with Crippen molar-refractivity contribution in [3.05, 3.63) is 29.6 Å². The first-order valence-electron chi connectivity index (χ1n) is 7.52. The molecule has 3 rings (SSSR count). The van der Waals surface area contributed by atoms with Gasteiger partial charge in [0.05, 0.1) is 6.61 Å². The van der Waals surface area contributed by atoms with Gasteiger partial charge < -0.3 is 14.8 Å². The first kappa shape index (κ1) is 13.8. The Morgan fingerprint density at radius 1 is 1.35 bits per heavy atom. The van der Waals surface area contributed by atoms with Crippen LogP contribution in [0.3, 0.4) is 0 Å². The molecule has 1 saturated heterocycles. The molecular formula is C16H22FNO2. The van der Waals surface area contributed by atoms with E-state index in [9.17, 15) is 4.39 Å². The SMILES string of the molecule is CCNC1CC2(CCCOCC2)Oc2ccc(F)cc21. The summed E-state index contributed by atoms with van der Waals surface area (Å²) in [6.45, 7) is 4.51. The summed E-state index contributed by atoms with van der Waals surface area (Å²) >= 11 is 0. The number of hydrogen-bond acceptors (Lipinski definition) is 3. The Kier molecular flexibility index (Phi) is 3.94. The lowest BCUT2D eigenvalue weighted by Crippen LogP contribution is -2.44. The smallest absolute Gasteiger partial charge is 0.125 e. The van der Waals surface area contributed by atoms with E-state index in [-0.39, 0.29) is 17.5 Å². The second kappa shape index (κ2) is 5.70. The number of rotatable bonds is 2. The zero-order chi connectivity index (χ0) is 14.0. The zero-order valence-corrected chi connectivity index (χ0v) is 12.0. The minimum absolute atomic E-state index is 0.159. The molecule has 20 heavy (non-hydrogen) atoms. The van der Waals surface area contributed by atoms with Crippen molar-refractivity contribution in [1.82, 2.24) is 5.32 Å². The summed E-state index contributed by atoms with van der Waals surface area (Å²) in [7, 11) is 0. The molecule has 0 amide bonds. The predicted molar refractivity (Wildman–Crippen MR) is 75.5 cm³/mol. The van der Waals surface area contributed by atoms with E-state index in [2.05, 4.69) is 12.2 Å². The normalized spacial score (nSPS) is 29.6. The topological polar surface area (TPSA) is 30.5 Å². The molecule has 1 N–H and O–H groups in total. The molecule has 1 aromatic rings. The van der Waals surface area contributed by atoms with Gasteiger partial charge in [0.15, 0.2) is 0 Å². The minimum Gasteiger partial charge on any atom is -0.487 e.